The normalized spacial score (nSPS) is 11.6. The van der Waals surface area contributed by atoms with Gasteiger partial charge in [0.05, 0.1) is 26.4 Å². The van der Waals surface area contributed by atoms with Crippen molar-refractivity contribution in [1.82, 2.24) is 14.8 Å². The number of oxazole rings is 1. The second kappa shape index (κ2) is 13.9. The second-order valence-corrected chi connectivity index (χ2v) is 8.40. The van der Waals surface area contributed by atoms with Crippen LogP contribution in [0, 0.1) is 0 Å². The van der Waals surface area contributed by atoms with Gasteiger partial charge in [0.1, 0.15) is 17.0 Å². The van der Waals surface area contributed by atoms with Crippen molar-refractivity contribution >= 4 is 11.1 Å². The first-order chi connectivity index (χ1) is 16.6. The van der Waals surface area contributed by atoms with Crippen molar-refractivity contribution in [1.29, 1.82) is 0 Å². The standard InChI is InChI=1S/C26H37N3O5/c1-28(14-16-30)12-4-17-32-22-8-6-21(7-9-22)26-27-24-11-10-23(20-25(24)34-26)33-18-5-13-29(2)15-19-31-3/h6-11,20,30H,4-5,12-19H2,1-3H3. The first kappa shape index (κ1) is 26.0. The fourth-order valence-corrected chi connectivity index (χ4v) is 3.50. The summed E-state index contributed by atoms with van der Waals surface area (Å²) in [6.45, 7) is 5.63. The Morgan fingerprint density at radius 3 is 2.15 bits per heavy atom. The number of fused-ring (bicyclic) bond motifs is 1. The van der Waals surface area contributed by atoms with Crippen LogP contribution in [0.3, 0.4) is 0 Å². The summed E-state index contributed by atoms with van der Waals surface area (Å²) in [5, 5.41) is 8.94. The Bertz CT molecular complexity index is 976. The molecule has 0 spiro atoms. The van der Waals surface area contributed by atoms with Gasteiger partial charge in [-0.1, -0.05) is 0 Å². The van der Waals surface area contributed by atoms with Crippen molar-refractivity contribution in [3.63, 3.8) is 0 Å². The van der Waals surface area contributed by atoms with Crippen molar-refractivity contribution < 1.29 is 23.7 Å². The number of hydrogen-bond donors (Lipinski definition) is 1. The molecule has 1 N–H and O–H groups in total. The van der Waals surface area contributed by atoms with E-state index in [0.29, 0.717) is 31.2 Å². The van der Waals surface area contributed by atoms with Crippen LogP contribution < -0.4 is 9.47 Å². The van der Waals surface area contributed by atoms with E-state index in [-0.39, 0.29) is 6.61 Å². The lowest BCUT2D eigenvalue weighted by Crippen LogP contribution is -2.25. The van der Waals surface area contributed by atoms with Crippen molar-refractivity contribution in [3.8, 4) is 23.0 Å². The third-order valence-electron chi connectivity index (χ3n) is 5.53. The van der Waals surface area contributed by atoms with Gasteiger partial charge >= 0.3 is 0 Å². The molecule has 8 nitrogen and oxygen atoms in total. The average molecular weight is 472 g/mol. The van der Waals surface area contributed by atoms with Gasteiger partial charge in [0.2, 0.25) is 5.89 Å². The number of benzene rings is 2. The zero-order valence-corrected chi connectivity index (χ0v) is 20.5. The Kier molecular flexibility index (Phi) is 10.6. The molecule has 0 unspecified atom stereocenters. The van der Waals surface area contributed by atoms with Gasteiger partial charge in [0.15, 0.2) is 5.58 Å². The molecule has 0 atom stereocenters. The first-order valence-corrected chi connectivity index (χ1v) is 11.8. The summed E-state index contributed by atoms with van der Waals surface area (Å²) in [6.07, 6.45) is 1.84. The Labute approximate surface area is 202 Å². The highest BCUT2D eigenvalue weighted by molar-refractivity contribution is 5.77. The lowest BCUT2D eigenvalue weighted by Gasteiger charge is -2.15. The highest BCUT2D eigenvalue weighted by atomic mass is 16.5. The first-order valence-electron chi connectivity index (χ1n) is 11.8. The molecule has 1 heterocycles. The van der Waals surface area contributed by atoms with E-state index in [1.165, 1.54) is 0 Å². The van der Waals surface area contributed by atoms with E-state index >= 15 is 0 Å². The number of hydrogen-bond acceptors (Lipinski definition) is 8. The molecule has 3 aromatic rings. The van der Waals surface area contributed by atoms with Crippen LogP contribution in [0.4, 0.5) is 0 Å². The van der Waals surface area contributed by atoms with Crippen LogP contribution in [0.15, 0.2) is 46.9 Å². The Morgan fingerprint density at radius 1 is 0.824 bits per heavy atom. The number of ether oxygens (including phenoxy) is 3. The van der Waals surface area contributed by atoms with Crippen LogP contribution in [0.2, 0.25) is 0 Å². The minimum atomic E-state index is 0.177. The summed E-state index contributed by atoms with van der Waals surface area (Å²) < 4.78 is 22.8. The maximum atomic E-state index is 8.94. The summed E-state index contributed by atoms with van der Waals surface area (Å²) in [7, 11) is 5.79. The van der Waals surface area contributed by atoms with Crippen molar-refractivity contribution in [2.45, 2.75) is 12.8 Å². The molecular formula is C26H37N3O5. The molecule has 0 fully saturated rings. The molecule has 3 rings (SSSR count). The molecule has 34 heavy (non-hydrogen) atoms. The minimum Gasteiger partial charge on any atom is -0.494 e. The van der Waals surface area contributed by atoms with Gasteiger partial charge < -0.3 is 33.5 Å². The molecule has 2 aromatic carbocycles. The summed E-state index contributed by atoms with van der Waals surface area (Å²) >= 11 is 0. The predicted octanol–water partition coefficient (Wildman–Crippen LogP) is 3.53. The Balaban J connectivity index is 1.48. The molecule has 0 saturated heterocycles. The molecular weight excluding hydrogens is 434 g/mol. The van der Waals surface area contributed by atoms with Gasteiger partial charge in [0, 0.05) is 44.9 Å². The fraction of sp³-hybridized carbons (Fsp3) is 0.500. The van der Waals surface area contributed by atoms with Gasteiger partial charge in [-0.3, -0.25) is 0 Å². The average Bonchev–Trinajstić information content (AvgIpc) is 3.27. The van der Waals surface area contributed by atoms with Crippen molar-refractivity contribution in [2.24, 2.45) is 0 Å². The third kappa shape index (κ3) is 8.29. The second-order valence-electron chi connectivity index (χ2n) is 8.40. The van der Waals surface area contributed by atoms with Crippen molar-refractivity contribution in [2.75, 3.05) is 73.8 Å². The summed E-state index contributed by atoms with van der Waals surface area (Å²) in [5.41, 5.74) is 2.40. The monoisotopic (exact) mass is 471 g/mol. The number of aliphatic hydroxyl groups is 1. The molecule has 0 saturated carbocycles. The largest absolute Gasteiger partial charge is 0.494 e. The summed E-state index contributed by atoms with van der Waals surface area (Å²) in [4.78, 5) is 8.92. The van der Waals surface area contributed by atoms with E-state index in [2.05, 4.69) is 21.8 Å². The van der Waals surface area contributed by atoms with Crippen LogP contribution in [-0.2, 0) is 4.74 Å². The molecule has 0 amide bonds. The Hall–Kier alpha value is -2.65. The maximum absolute atomic E-state index is 8.94. The van der Waals surface area contributed by atoms with Crippen LogP contribution in [0.1, 0.15) is 12.8 Å². The summed E-state index contributed by atoms with van der Waals surface area (Å²) in [6, 6.07) is 13.5. The number of methoxy groups -OCH3 is 1. The molecule has 0 aliphatic rings. The molecule has 186 valence electrons. The lowest BCUT2D eigenvalue weighted by molar-refractivity contribution is 0.157. The molecule has 8 heteroatoms. The zero-order valence-electron chi connectivity index (χ0n) is 20.5. The topological polar surface area (TPSA) is 80.4 Å². The van der Waals surface area contributed by atoms with Gasteiger partial charge in [-0.05, 0) is 63.3 Å². The van der Waals surface area contributed by atoms with E-state index in [4.69, 9.17) is 23.7 Å². The SMILES string of the molecule is COCCN(C)CCCOc1ccc2nc(-c3ccc(OCCCN(C)CCO)cc3)oc2c1. The number of aromatic nitrogens is 1. The smallest absolute Gasteiger partial charge is 0.227 e. The number of aliphatic hydroxyl groups excluding tert-OH is 1. The Morgan fingerprint density at radius 2 is 1.47 bits per heavy atom. The van der Waals surface area contributed by atoms with Crippen LogP contribution in [0.5, 0.6) is 11.5 Å². The lowest BCUT2D eigenvalue weighted by atomic mass is 10.2. The van der Waals surface area contributed by atoms with E-state index in [1.54, 1.807) is 7.11 Å². The number of nitrogens with zero attached hydrogens (tertiary/aromatic N) is 3. The highest BCUT2D eigenvalue weighted by Gasteiger charge is 2.10. The van der Waals surface area contributed by atoms with Gasteiger partial charge in [-0.25, -0.2) is 4.98 Å². The molecule has 0 aliphatic heterocycles. The van der Waals surface area contributed by atoms with E-state index in [1.807, 2.05) is 49.5 Å². The highest BCUT2D eigenvalue weighted by Crippen LogP contribution is 2.28. The predicted molar refractivity (Wildman–Crippen MR) is 134 cm³/mol. The molecule has 0 aliphatic carbocycles. The minimum absolute atomic E-state index is 0.177. The van der Waals surface area contributed by atoms with Crippen LogP contribution in [0.25, 0.3) is 22.6 Å². The summed E-state index contributed by atoms with van der Waals surface area (Å²) in [5.74, 6) is 2.17. The quantitative estimate of drug-likeness (QED) is 0.318. The van der Waals surface area contributed by atoms with E-state index < -0.39 is 0 Å². The zero-order chi connectivity index (χ0) is 24.2. The molecule has 0 radical (unpaired) electrons. The van der Waals surface area contributed by atoms with Crippen LogP contribution in [-0.4, -0.2) is 93.7 Å². The fourth-order valence-electron chi connectivity index (χ4n) is 3.50. The van der Waals surface area contributed by atoms with E-state index in [0.717, 1.165) is 61.7 Å². The molecule has 1 aromatic heterocycles. The van der Waals surface area contributed by atoms with Gasteiger partial charge in [0.25, 0.3) is 0 Å². The number of rotatable bonds is 16. The van der Waals surface area contributed by atoms with Gasteiger partial charge in [-0.15, -0.1) is 0 Å². The maximum Gasteiger partial charge on any atom is 0.227 e. The number of likely N-dealkylation sites (N-methyl/N-ethyl adjacent to an activating group) is 2. The van der Waals surface area contributed by atoms with Gasteiger partial charge in [-0.2, -0.15) is 0 Å². The van der Waals surface area contributed by atoms with Crippen LogP contribution >= 0.6 is 0 Å². The third-order valence-corrected chi connectivity index (χ3v) is 5.53. The van der Waals surface area contributed by atoms with E-state index in [9.17, 15) is 0 Å². The molecule has 0 bridgehead atoms. The van der Waals surface area contributed by atoms with Crippen molar-refractivity contribution in [3.05, 3.63) is 42.5 Å².